The van der Waals surface area contributed by atoms with Crippen molar-refractivity contribution >= 4 is 17.3 Å². The van der Waals surface area contributed by atoms with Crippen molar-refractivity contribution in [3.63, 3.8) is 0 Å². The number of fused-ring (bicyclic) bond motifs is 1. The van der Waals surface area contributed by atoms with Gasteiger partial charge in [0.05, 0.1) is 0 Å². The smallest absolute Gasteiger partial charge is 0.269 e. The topological polar surface area (TPSA) is 45.2 Å². The van der Waals surface area contributed by atoms with E-state index < -0.39 is 0 Å². The average molecular weight is 309 g/mol. The molecule has 0 saturated heterocycles. The first-order valence-corrected chi connectivity index (χ1v) is 8.25. The molecule has 1 N–H and O–H groups in total. The number of nitrogens with zero attached hydrogens (tertiary/aromatic N) is 2. The van der Waals surface area contributed by atoms with Gasteiger partial charge in [-0.3, -0.25) is 9.78 Å². The molecule has 2 aromatic rings. The number of carbonyl (C=O) groups excluding carboxylic acids is 1. The normalized spacial score (nSPS) is 13.3. The maximum absolute atomic E-state index is 12.2. The van der Waals surface area contributed by atoms with Gasteiger partial charge in [0.25, 0.3) is 5.91 Å². The zero-order chi connectivity index (χ0) is 16.2. The van der Waals surface area contributed by atoms with Crippen LogP contribution < -0.4 is 10.2 Å². The number of rotatable bonds is 5. The molecule has 23 heavy (non-hydrogen) atoms. The van der Waals surface area contributed by atoms with Gasteiger partial charge < -0.3 is 10.2 Å². The van der Waals surface area contributed by atoms with E-state index >= 15 is 0 Å². The monoisotopic (exact) mass is 309 g/mol. The second kappa shape index (κ2) is 6.82. The molecule has 1 aromatic carbocycles. The van der Waals surface area contributed by atoms with E-state index in [-0.39, 0.29) is 5.91 Å². The Morgan fingerprint density at radius 2 is 2.13 bits per heavy atom. The highest BCUT2D eigenvalue weighted by Gasteiger charge is 2.20. The van der Waals surface area contributed by atoms with Crippen LogP contribution in [0.3, 0.4) is 0 Å². The Kier molecular flexibility index (Phi) is 4.60. The summed E-state index contributed by atoms with van der Waals surface area (Å²) in [6.07, 6.45) is 3.73. The van der Waals surface area contributed by atoms with Crippen LogP contribution in [0.25, 0.3) is 0 Å². The van der Waals surface area contributed by atoms with Gasteiger partial charge in [-0.15, -0.1) is 0 Å². The Bertz CT molecular complexity index is 697. The molecule has 1 amide bonds. The zero-order valence-corrected chi connectivity index (χ0v) is 13.7. The molecule has 3 rings (SSSR count). The van der Waals surface area contributed by atoms with Gasteiger partial charge in [-0.2, -0.15) is 0 Å². The number of amides is 1. The predicted molar refractivity (Wildman–Crippen MR) is 93.2 cm³/mol. The summed E-state index contributed by atoms with van der Waals surface area (Å²) in [6.45, 7) is 5.93. The standard InChI is InChI=1S/C19H23N3O/c1-14(2)7-10-21-19(23)17-13-16(8-11-20-17)22-12-9-15-5-3-4-6-18(15)22/h3-6,8,11,13-14H,7,9-10,12H2,1-2H3,(H,21,23). The molecule has 0 saturated carbocycles. The van der Waals surface area contributed by atoms with Crippen molar-refractivity contribution in [3.05, 3.63) is 53.9 Å². The van der Waals surface area contributed by atoms with Crippen LogP contribution in [-0.4, -0.2) is 24.0 Å². The fourth-order valence-corrected chi connectivity index (χ4v) is 2.88. The third-order valence-corrected chi connectivity index (χ3v) is 4.18. The predicted octanol–water partition coefficient (Wildman–Crippen LogP) is 3.55. The molecule has 0 fully saturated rings. The van der Waals surface area contributed by atoms with E-state index in [4.69, 9.17) is 0 Å². The fraction of sp³-hybridized carbons (Fsp3) is 0.368. The number of pyridine rings is 1. The molecule has 120 valence electrons. The molecule has 1 aliphatic rings. The molecule has 4 nitrogen and oxygen atoms in total. The van der Waals surface area contributed by atoms with E-state index in [2.05, 4.69) is 53.3 Å². The molecular weight excluding hydrogens is 286 g/mol. The Morgan fingerprint density at radius 1 is 1.30 bits per heavy atom. The highest BCUT2D eigenvalue weighted by atomic mass is 16.1. The average Bonchev–Trinajstić information content (AvgIpc) is 2.98. The lowest BCUT2D eigenvalue weighted by Crippen LogP contribution is -2.26. The summed E-state index contributed by atoms with van der Waals surface area (Å²) >= 11 is 0. The molecule has 1 aliphatic heterocycles. The van der Waals surface area contributed by atoms with E-state index in [1.54, 1.807) is 6.20 Å². The maximum atomic E-state index is 12.2. The lowest BCUT2D eigenvalue weighted by atomic mass is 10.1. The molecular formula is C19H23N3O. The van der Waals surface area contributed by atoms with Gasteiger partial charge in [-0.1, -0.05) is 32.0 Å². The number of hydrogen-bond donors (Lipinski definition) is 1. The maximum Gasteiger partial charge on any atom is 0.269 e. The van der Waals surface area contributed by atoms with Gasteiger partial charge in [0.1, 0.15) is 5.69 Å². The molecule has 0 atom stereocenters. The largest absolute Gasteiger partial charge is 0.351 e. The highest BCUT2D eigenvalue weighted by molar-refractivity contribution is 5.93. The van der Waals surface area contributed by atoms with Crippen molar-refractivity contribution in [1.82, 2.24) is 10.3 Å². The van der Waals surface area contributed by atoms with Crippen LogP contribution in [0.2, 0.25) is 0 Å². The molecule has 1 aromatic heterocycles. The summed E-state index contributed by atoms with van der Waals surface area (Å²) in [6, 6.07) is 12.3. The number of nitrogens with one attached hydrogen (secondary N) is 1. The van der Waals surface area contributed by atoms with Crippen LogP contribution in [0.1, 0.15) is 36.3 Å². The number of para-hydroxylation sites is 1. The Hall–Kier alpha value is -2.36. The van der Waals surface area contributed by atoms with Crippen LogP contribution in [0.4, 0.5) is 11.4 Å². The molecule has 4 heteroatoms. The van der Waals surface area contributed by atoms with Crippen LogP contribution in [0.15, 0.2) is 42.6 Å². The van der Waals surface area contributed by atoms with Gasteiger partial charge in [0, 0.05) is 30.7 Å². The first kappa shape index (κ1) is 15.5. The number of anilines is 2. The second-order valence-corrected chi connectivity index (χ2v) is 6.37. The molecule has 2 heterocycles. The van der Waals surface area contributed by atoms with Crippen molar-refractivity contribution in [2.75, 3.05) is 18.0 Å². The van der Waals surface area contributed by atoms with Gasteiger partial charge in [-0.05, 0) is 42.5 Å². The van der Waals surface area contributed by atoms with Gasteiger partial charge in [-0.25, -0.2) is 0 Å². The first-order chi connectivity index (χ1) is 11.1. The SMILES string of the molecule is CC(C)CCNC(=O)c1cc(N2CCc3ccccc32)ccn1. The van der Waals surface area contributed by atoms with E-state index in [1.165, 1.54) is 11.3 Å². The minimum Gasteiger partial charge on any atom is -0.351 e. The number of benzene rings is 1. The number of carbonyl (C=O) groups is 1. The summed E-state index contributed by atoms with van der Waals surface area (Å²) in [5, 5.41) is 2.95. The van der Waals surface area contributed by atoms with Crippen LogP contribution in [0.5, 0.6) is 0 Å². The lowest BCUT2D eigenvalue weighted by Gasteiger charge is -2.20. The molecule has 0 spiro atoms. The fourth-order valence-electron chi connectivity index (χ4n) is 2.88. The molecule has 0 aliphatic carbocycles. The molecule has 0 bridgehead atoms. The van der Waals surface area contributed by atoms with Crippen LogP contribution in [-0.2, 0) is 6.42 Å². The quantitative estimate of drug-likeness (QED) is 0.918. The Balaban J connectivity index is 1.75. The van der Waals surface area contributed by atoms with Crippen molar-refractivity contribution < 1.29 is 4.79 Å². The summed E-state index contributed by atoms with van der Waals surface area (Å²) in [5.74, 6) is 0.482. The Labute approximate surface area is 137 Å². The number of aromatic nitrogens is 1. The Morgan fingerprint density at radius 3 is 2.96 bits per heavy atom. The van der Waals surface area contributed by atoms with E-state index in [0.29, 0.717) is 18.2 Å². The van der Waals surface area contributed by atoms with Gasteiger partial charge >= 0.3 is 0 Å². The van der Waals surface area contributed by atoms with Gasteiger partial charge in [0.2, 0.25) is 0 Å². The summed E-state index contributed by atoms with van der Waals surface area (Å²) < 4.78 is 0. The minimum atomic E-state index is -0.0972. The summed E-state index contributed by atoms with van der Waals surface area (Å²) in [4.78, 5) is 18.7. The van der Waals surface area contributed by atoms with Crippen molar-refractivity contribution in [1.29, 1.82) is 0 Å². The summed E-state index contributed by atoms with van der Waals surface area (Å²) in [5.41, 5.74) is 4.09. The molecule has 0 unspecified atom stereocenters. The minimum absolute atomic E-state index is 0.0972. The van der Waals surface area contributed by atoms with Crippen molar-refractivity contribution in [2.24, 2.45) is 5.92 Å². The van der Waals surface area contributed by atoms with Gasteiger partial charge in [0.15, 0.2) is 0 Å². The van der Waals surface area contributed by atoms with Crippen LogP contribution >= 0.6 is 0 Å². The van der Waals surface area contributed by atoms with E-state index in [9.17, 15) is 4.79 Å². The third-order valence-electron chi connectivity index (χ3n) is 4.18. The third kappa shape index (κ3) is 3.52. The highest BCUT2D eigenvalue weighted by Crippen LogP contribution is 2.34. The second-order valence-electron chi connectivity index (χ2n) is 6.37. The number of hydrogen-bond acceptors (Lipinski definition) is 3. The van der Waals surface area contributed by atoms with Crippen LogP contribution in [0, 0.1) is 5.92 Å². The van der Waals surface area contributed by atoms with E-state index in [1.807, 2.05) is 12.1 Å². The summed E-state index contributed by atoms with van der Waals surface area (Å²) in [7, 11) is 0. The van der Waals surface area contributed by atoms with Crippen molar-refractivity contribution in [3.8, 4) is 0 Å². The van der Waals surface area contributed by atoms with Crippen molar-refractivity contribution in [2.45, 2.75) is 26.7 Å². The zero-order valence-electron chi connectivity index (χ0n) is 13.7. The van der Waals surface area contributed by atoms with E-state index in [0.717, 1.165) is 25.1 Å². The molecule has 0 radical (unpaired) electrons. The lowest BCUT2D eigenvalue weighted by molar-refractivity contribution is 0.0947. The first-order valence-electron chi connectivity index (χ1n) is 8.25.